The second-order valence-corrected chi connectivity index (χ2v) is 4.07. The Kier molecular flexibility index (Phi) is 3.07. The molecule has 0 atom stereocenters. The van der Waals surface area contributed by atoms with Crippen molar-refractivity contribution < 1.29 is 17.6 Å². The zero-order valence-corrected chi connectivity index (χ0v) is 9.52. The fourth-order valence-corrected chi connectivity index (χ4v) is 1.58. The summed E-state index contributed by atoms with van der Waals surface area (Å²) in [5.74, 6) is -0.937. The highest BCUT2D eigenvalue weighted by atomic mass is 127. The van der Waals surface area contributed by atoms with Gasteiger partial charge >= 0.3 is 6.18 Å². The fraction of sp³-hybridized carbons (Fsp3) is 0.571. The molecule has 80 valence electrons. The first-order chi connectivity index (χ1) is 6.25. The number of rotatable bonds is 1. The predicted octanol–water partition coefficient (Wildman–Crippen LogP) is 3.23. The van der Waals surface area contributed by atoms with Crippen LogP contribution >= 0.6 is 22.6 Å². The molecule has 1 aromatic heterocycles. The smallest absolute Gasteiger partial charge is 0.236 e. The zero-order valence-electron chi connectivity index (χ0n) is 7.36. The van der Waals surface area contributed by atoms with Gasteiger partial charge in [0, 0.05) is 6.04 Å². The van der Waals surface area contributed by atoms with E-state index in [0.717, 1.165) is 4.68 Å². The maximum absolute atomic E-state index is 13.2. The fourth-order valence-electron chi connectivity index (χ4n) is 0.917. The Morgan fingerprint density at radius 3 is 2.07 bits per heavy atom. The summed E-state index contributed by atoms with van der Waals surface area (Å²) in [4.78, 5) is 0. The van der Waals surface area contributed by atoms with Gasteiger partial charge < -0.3 is 0 Å². The lowest BCUT2D eigenvalue weighted by Crippen LogP contribution is -2.10. The van der Waals surface area contributed by atoms with Crippen molar-refractivity contribution in [3.63, 3.8) is 0 Å². The Morgan fingerprint density at radius 1 is 1.36 bits per heavy atom. The van der Waals surface area contributed by atoms with Crippen molar-refractivity contribution in [3.8, 4) is 0 Å². The third kappa shape index (κ3) is 2.01. The third-order valence-electron chi connectivity index (χ3n) is 1.56. The number of aromatic nitrogens is 2. The van der Waals surface area contributed by atoms with Gasteiger partial charge in [-0.2, -0.15) is 22.7 Å². The lowest BCUT2D eigenvalue weighted by atomic mass is 10.4. The summed E-state index contributed by atoms with van der Waals surface area (Å²) in [5.41, 5.74) is -1.16. The Morgan fingerprint density at radius 2 is 1.86 bits per heavy atom. The van der Waals surface area contributed by atoms with Gasteiger partial charge in [-0.25, -0.2) is 4.68 Å². The van der Waals surface area contributed by atoms with E-state index in [1.807, 2.05) is 0 Å². The Balaban J connectivity index is 3.29. The van der Waals surface area contributed by atoms with Gasteiger partial charge in [-0.3, -0.25) is 0 Å². The zero-order chi connectivity index (χ0) is 11.1. The quantitative estimate of drug-likeness (QED) is 0.573. The van der Waals surface area contributed by atoms with Gasteiger partial charge in [0.05, 0.1) is 0 Å². The van der Waals surface area contributed by atoms with Crippen LogP contribution < -0.4 is 0 Å². The van der Waals surface area contributed by atoms with Crippen LogP contribution in [0.5, 0.6) is 0 Å². The van der Waals surface area contributed by atoms with Crippen LogP contribution in [-0.2, 0) is 6.18 Å². The molecule has 0 N–H and O–H groups in total. The Labute approximate surface area is 91.4 Å². The van der Waals surface area contributed by atoms with Gasteiger partial charge in [-0.1, -0.05) is 0 Å². The number of hydrogen-bond acceptors (Lipinski definition) is 1. The van der Waals surface area contributed by atoms with Crippen molar-refractivity contribution in [3.05, 3.63) is 15.2 Å². The standard InChI is InChI=1S/C7H7F4IN2/c1-3(2)14-6(8)4(12)5(13-14)7(9,10)11/h3H,1-2H3. The van der Waals surface area contributed by atoms with E-state index in [1.165, 1.54) is 22.6 Å². The first-order valence-electron chi connectivity index (χ1n) is 3.76. The Hall–Kier alpha value is -0.340. The molecular weight excluding hydrogens is 315 g/mol. The van der Waals surface area contributed by atoms with Gasteiger partial charge in [-0.05, 0) is 36.4 Å². The molecule has 7 heteroatoms. The first kappa shape index (κ1) is 11.7. The molecule has 0 radical (unpaired) electrons. The molecule has 0 bridgehead atoms. The van der Waals surface area contributed by atoms with Crippen molar-refractivity contribution in [2.24, 2.45) is 0 Å². The van der Waals surface area contributed by atoms with E-state index < -0.39 is 27.4 Å². The molecule has 0 fully saturated rings. The van der Waals surface area contributed by atoms with Crippen LogP contribution in [-0.4, -0.2) is 9.78 Å². The molecule has 0 unspecified atom stereocenters. The monoisotopic (exact) mass is 322 g/mol. The van der Waals surface area contributed by atoms with E-state index in [-0.39, 0.29) is 0 Å². The van der Waals surface area contributed by atoms with E-state index in [1.54, 1.807) is 13.8 Å². The van der Waals surface area contributed by atoms with E-state index >= 15 is 0 Å². The summed E-state index contributed by atoms with van der Waals surface area (Å²) < 4.78 is 50.2. The molecule has 14 heavy (non-hydrogen) atoms. The highest BCUT2D eigenvalue weighted by Gasteiger charge is 2.39. The van der Waals surface area contributed by atoms with Crippen molar-refractivity contribution in [1.82, 2.24) is 9.78 Å². The second-order valence-electron chi connectivity index (χ2n) is 2.99. The maximum atomic E-state index is 13.2. The molecule has 2 nitrogen and oxygen atoms in total. The minimum Gasteiger partial charge on any atom is -0.236 e. The number of halogens is 5. The largest absolute Gasteiger partial charge is 0.436 e. The van der Waals surface area contributed by atoms with Crippen LogP contribution in [0, 0.1) is 9.52 Å². The summed E-state index contributed by atoms with van der Waals surface area (Å²) in [6, 6.07) is -0.431. The van der Waals surface area contributed by atoms with E-state index in [9.17, 15) is 17.6 Å². The predicted molar refractivity (Wildman–Crippen MR) is 50.3 cm³/mol. The molecule has 1 aromatic rings. The molecule has 0 spiro atoms. The first-order valence-corrected chi connectivity index (χ1v) is 4.83. The van der Waals surface area contributed by atoms with Gasteiger partial charge in [0.2, 0.25) is 5.95 Å². The second kappa shape index (κ2) is 3.67. The van der Waals surface area contributed by atoms with E-state index in [4.69, 9.17) is 0 Å². The molecule has 0 aliphatic carbocycles. The van der Waals surface area contributed by atoms with E-state index in [0.29, 0.717) is 0 Å². The van der Waals surface area contributed by atoms with Crippen molar-refractivity contribution >= 4 is 22.6 Å². The normalized spacial score (nSPS) is 12.6. The minimum atomic E-state index is -4.60. The highest BCUT2D eigenvalue weighted by molar-refractivity contribution is 14.1. The van der Waals surface area contributed by atoms with Crippen LogP contribution in [0.25, 0.3) is 0 Å². The Bertz CT molecular complexity index is 342. The lowest BCUT2D eigenvalue weighted by Gasteiger charge is -2.05. The van der Waals surface area contributed by atoms with Crippen LogP contribution in [0.2, 0.25) is 0 Å². The third-order valence-corrected chi connectivity index (χ3v) is 2.51. The minimum absolute atomic E-state index is 0.431. The number of hydrogen-bond donors (Lipinski definition) is 0. The molecule has 1 rings (SSSR count). The highest BCUT2D eigenvalue weighted by Crippen LogP contribution is 2.33. The van der Waals surface area contributed by atoms with Crippen LogP contribution in [0.3, 0.4) is 0 Å². The molecule has 0 amide bonds. The van der Waals surface area contributed by atoms with Crippen molar-refractivity contribution in [2.45, 2.75) is 26.1 Å². The molecule has 0 aliphatic heterocycles. The lowest BCUT2D eigenvalue weighted by molar-refractivity contribution is -0.142. The molecule has 0 aliphatic rings. The van der Waals surface area contributed by atoms with Crippen LogP contribution in [0.15, 0.2) is 0 Å². The van der Waals surface area contributed by atoms with Gasteiger partial charge in [0.15, 0.2) is 5.69 Å². The average molecular weight is 322 g/mol. The van der Waals surface area contributed by atoms with Gasteiger partial charge in [0.25, 0.3) is 0 Å². The van der Waals surface area contributed by atoms with Gasteiger partial charge in [-0.15, -0.1) is 0 Å². The van der Waals surface area contributed by atoms with Crippen LogP contribution in [0.4, 0.5) is 17.6 Å². The summed E-state index contributed by atoms with van der Waals surface area (Å²) in [7, 11) is 0. The number of alkyl halides is 3. The summed E-state index contributed by atoms with van der Waals surface area (Å²) in [6.07, 6.45) is -4.60. The van der Waals surface area contributed by atoms with Crippen molar-refractivity contribution in [2.75, 3.05) is 0 Å². The topological polar surface area (TPSA) is 17.8 Å². The SMILES string of the molecule is CC(C)n1nc(C(F)(F)F)c(I)c1F. The molecule has 0 aromatic carbocycles. The average Bonchev–Trinajstić information content (AvgIpc) is 2.28. The molecule has 0 saturated heterocycles. The maximum Gasteiger partial charge on any atom is 0.436 e. The number of nitrogens with zero attached hydrogens (tertiary/aromatic N) is 2. The summed E-state index contributed by atoms with van der Waals surface area (Å²) in [5, 5.41) is 3.19. The van der Waals surface area contributed by atoms with Crippen LogP contribution in [0.1, 0.15) is 25.6 Å². The van der Waals surface area contributed by atoms with E-state index in [2.05, 4.69) is 5.10 Å². The molecule has 0 saturated carbocycles. The molecular formula is C7H7F4IN2. The van der Waals surface area contributed by atoms with Gasteiger partial charge in [0.1, 0.15) is 3.57 Å². The summed E-state index contributed by atoms with van der Waals surface area (Å²) >= 11 is 1.31. The van der Waals surface area contributed by atoms with Crippen molar-refractivity contribution in [1.29, 1.82) is 0 Å². The summed E-state index contributed by atoms with van der Waals surface area (Å²) in [6.45, 7) is 3.12. The molecule has 1 heterocycles.